The summed E-state index contributed by atoms with van der Waals surface area (Å²) in [4.78, 5) is 3.98. The maximum absolute atomic E-state index is 5.93. The van der Waals surface area contributed by atoms with Crippen molar-refractivity contribution in [1.82, 2.24) is 14.9 Å². The lowest BCUT2D eigenvalue weighted by molar-refractivity contribution is 0.601. The van der Waals surface area contributed by atoms with Crippen LogP contribution in [0.4, 0.5) is 0 Å². The molecule has 1 heterocycles. The van der Waals surface area contributed by atoms with Gasteiger partial charge in [0.15, 0.2) is 5.15 Å². The predicted molar refractivity (Wildman–Crippen MR) is 64.5 cm³/mol. The second kappa shape index (κ2) is 6.36. The van der Waals surface area contributed by atoms with Crippen LogP contribution in [-0.2, 0) is 13.6 Å². The normalized spacial score (nSPS) is 10.9. The molecule has 5 heteroatoms. The Hall–Kier alpha value is -0.250. The Bertz CT molecular complexity index is 310. The number of aromatic nitrogens is 2. The minimum Gasteiger partial charge on any atom is -0.319 e. The summed E-state index contributed by atoms with van der Waals surface area (Å²) in [5.74, 6) is 0. The van der Waals surface area contributed by atoms with Crippen LogP contribution in [0.2, 0.25) is 10.4 Å². The summed E-state index contributed by atoms with van der Waals surface area (Å²) in [6.07, 6.45) is 3.69. The van der Waals surface area contributed by atoms with Crippen molar-refractivity contribution in [3.8, 4) is 0 Å². The number of hydrogen-bond acceptors (Lipinski definition) is 2. The van der Waals surface area contributed by atoms with Gasteiger partial charge in [0, 0.05) is 13.6 Å². The zero-order chi connectivity index (χ0) is 11.3. The van der Waals surface area contributed by atoms with Crippen LogP contribution in [0.25, 0.3) is 0 Å². The fraction of sp³-hybridized carbons (Fsp3) is 0.700. The molecule has 0 saturated carbocycles. The Morgan fingerprint density at radius 3 is 2.60 bits per heavy atom. The van der Waals surface area contributed by atoms with Crippen LogP contribution < -0.4 is 5.32 Å². The van der Waals surface area contributed by atoms with Gasteiger partial charge < -0.3 is 9.88 Å². The molecule has 0 fully saturated rings. The van der Waals surface area contributed by atoms with Crippen LogP contribution in [-0.4, -0.2) is 16.1 Å². The number of unbranched alkanes of at least 4 members (excludes halogenated alkanes) is 2. The predicted octanol–water partition coefficient (Wildman–Crippen LogP) is 3.01. The van der Waals surface area contributed by atoms with Gasteiger partial charge in [-0.15, -0.1) is 0 Å². The van der Waals surface area contributed by atoms with Gasteiger partial charge in [-0.25, -0.2) is 4.98 Å². The first kappa shape index (κ1) is 12.8. The molecule has 0 radical (unpaired) electrons. The van der Waals surface area contributed by atoms with Crippen molar-refractivity contribution >= 4 is 23.2 Å². The number of nitrogens with one attached hydrogen (secondary N) is 1. The van der Waals surface area contributed by atoms with Gasteiger partial charge in [0.05, 0.1) is 5.69 Å². The summed E-state index contributed by atoms with van der Waals surface area (Å²) in [6.45, 7) is 3.92. The fourth-order valence-electron chi connectivity index (χ4n) is 1.37. The van der Waals surface area contributed by atoms with Gasteiger partial charge >= 0.3 is 0 Å². The summed E-state index contributed by atoms with van der Waals surface area (Å²) in [7, 11) is 1.87. The Morgan fingerprint density at radius 2 is 2.07 bits per heavy atom. The molecule has 0 atom stereocenters. The third-order valence-corrected chi connectivity index (χ3v) is 3.00. The minimum absolute atomic E-state index is 0.436. The number of imidazole rings is 1. The number of rotatable bonds is 6. The van der Waals surface area contributed by atoms with E-state index in [2.05, 4.69) is 17.2 Å². The highest BCUT2D eigenvalue weighted by Crippen LogP contribution is 2.18. The average Bonchev–Trinajstić information content (AvgIpc) is 2.44. The van der Waals surface area contributed by atoms with Crippen molar-refractivity contribution in [2.45, 2.75) is 32.7 Å². The van der Waals surface area contributed by atoms with Gasteiger partial charge in [-0.05, 0) is 24.6 Å². The second-order valence-corrected chi connectivity index (χ2v) is 4.26. The maximum Gasteiger partial charge on any atom is 0.204 e. The van der Waals surface area contributed by atoms with Crippen molar-refractivity contribution < 1.29 is 0 Å². The Morgan fingerprint density at radius 1 is 1.33 bits per heavy atom. The smallest absolute Gasteiger partial charge is 0.204 e. The number of nitrogens with zero attached hydrogens (tertiary/aromatic N) is 2. The van der Waals surface area contributed by atoms with Crippen molar-refractivity contribution in [3.05, 3.63) is 16.1 Å². The van der Waals surface area contributed by atoms with E-state index in [1.165, 1.54) is 19.3 Å². The van der Waals surface area contributed by atoms with Gasteiger partial charge in [-0.1, -0.05) is 31.4 Å². The van der Waals surface area contributed by atoms with E-state index in [0.717, 1.165) is 18.8 Å². The van der Waals surface area contributed by atoms with Crippen molar-refractivity contribution in [2.24, 2.45) is 7.05 Å². The molecule has 3 nitrogen and oxygen atoms in total. The molecule has 0 aliphatic carbocycles. The lowest BCUT2D eigenvalue weighted by atomic mass is 10.2. The third-order valence-electron chi connectivity index (χ3n) is 2.36. The van der Waals surface area contributed by atoms with E-state index in [-0.39, 0.29) is 0 Å². The summed E-state index contributed by atoms with van der Waals surface area (Å²) in [6, 6.07) is 0. The Kier molecular flexibility index (Phi) is 5.43. The van der Waals surface area contributed by atoms with Crippen LogP contribution in [0, 0.1) is 0 Å². The molecule has 1 N–H and O–H groups in total. The molecule has 0 saturated heterocycles. The lowest BCUT2D eigenvalue weighted by Gasteiger charge is -2.05. The molecule has 0 unspecified atom stereocenters. The van der Waals surface area contributed by atoms with Crippen LogP contribution in [0.1, 0.15) is 31.9 Å². The quantitative estimate of drug-likeness (QED) is 0.786. The van der Waals surface area contributed by atoms with E-state index in [9.17, 15) is 0 Å². The van der Waals surface area contributed by atoms with Crippen molar-refractivity contribution in [1.29, 1.82) is 0 Å². The van der Waals surface area contributed by atoms with Gasteiger partial charge in [-0.2, -0.15) is 0 Å². The van der Waals surface area contributed by atoms with E-state index < -0.39 is 0 Å². The second-order valence-electron chi connectivity index (χ2n) is 3.56. The van der Waals surface area contributed by atoms with Gasteiger partial charge in [-0.3, -0.25) is 0 Å². The Labute approximate surface area is 101 Å². The first-order valence-corrected chi connectivity index (χ1v) is 5.99. The van der Waals surface area contributed by atoms with Gasteiger partial charge in [0.2, 0.25) is 5.28 Å². The highest BCUT2D eigenvalue weighted by atomic mass is 35.5. The lowest BCUT2D eigenvalue weighted by Crippen LogP contribution is -2.16. The summed E-state index contributed by atoms with van der Waals surface area (Å²) in [5, 5.41) is 4.25. The van der Waals surface area contributed by atoms with Crippen LogP contribution >= 0.6 is 23.2 Å². The molecular weight excluding hydrogens is 233 g/mol. The summed E-state index contributed by atoms with van der Waals surface area (Å²) >= 11 is 11.8. The number of hydrogen-bond donors (Lipinski definition) is 1. The largest absolute Gasteiger partial charge is 0.319 e. The highest BCUT2D eigenvalue weighted by molar-refractivity contribution is 6.32. The maximum atomic E-state index is 5.93. The van der Waals surface area contributed by atoms with Crippen LogP contribution in [0.15, 0.2) is 0 Å². The zero-order valence-electron chi connectivity index (χ0n) is 9.19. The first-order chi connectivity index (χ1) is 7.16. The molecular formula is C10H17Cl2N3. The van der Waals surface area contributed by atoms with E-state index in [1.807, 2.05) is 7.05 Å². The topological polar surface area (TPSA) is 29.9 Å². The molecule has 1 rings (SSSR count). The summed E-state index contributed by atoms with van der Waals surface area (Å²) < 4.78 is 1.80. The van der Waals surface area contributed by atoms with E-state index >= 15 is 0 Å². The first-order valence-electron chi connectivity index (χ1n) is 5.24. The van der Waals surface area contributed by atoms with Crippen LogP contribution in [0.5, 0.6) is 0 Å². The van der Waals surface area contributed by atoms with Crippen molar-refractivity contribution in [2.75, 3.05) is 6.54 Å². The molecule has 15 heavy (non-hydrogen) atoms. The SMILES string of the molecule is CCCCCNCc1c(Cl)nc(Cl)n1C. The van der Waals surface area contributed by atoms with Gasteiger partial charge in [0.25, 0.3) is 0 Å². The molecule has 0 spiro atoms. The van der Waals surface area contributed by atoms with Crippen molar-refractivity contribution in [3.63, 3.8) is 0 Å². The summed E-state index contributed by atoms with van der Waals surface area (Å²) in [5.41, 5.74) is 0.943. The van der Waals surface area contributed by atoms with Crippen LogP contribution in [0.3, 0.4) is 0 Å². The van der Waals surface area contributed by atoms with Gasteiger partial charge in [0.1, 0.15) is 0 Å². The Balaban J connectivity index is 2.37. The molecule has 0 bridgehead atoms. The molecule has 86 valence electrons. The molecule has 1 aromatic rings. The fourth-order valence-corrected chi connectivity index (χ4v) is 1.87. The minimum atomic E-state index is 0.436. The third kappa shape index (κ3) is 3.67. The molecule has 0 aliphatic heterocycles. The molecule has 1 aromatic heterocycles. The number of halogens is 2. The van der Waals surface area contributed by atoms with E-state index in [0.29, 0.717) is 10.4 Å². The van der Waals surface area contributed by atoms with E-state index in [1.54, 1.807) is 4.57 Å². The molecule has 0 amide bonds. The monoisotopic (exact) mass is 249 g/mol. The zero-order valence-corrected chi connectivity index (χ0v) is 10.7. The van der Waals surface area contributed by atoms with E-state index in [4.69, 9.17) is 23.2 Å². The average molecular weight is 250 g/mol. The molecule has 0 aromatic carbocycles. The molecule has 0 aliphatic rings. The highest BCUT2D eigenvalue weighted by Gasteiger charge is 2.10. The standard InChI is InChI=1S/C10H17Cl2N3/c1-3-4-5-6-13-7-8-9(11)14-10(12)15(8)2/h13H,3-7H2,1-2H3.